The van der Waals surface area contributed by atoms with E-state index in [1.807, 2.05) is 0 Å². The summed E-state index contributed by atoms with van der Waals surface area (Å²) in [6.45, 7) is 0. The number of nitrogens with one attached hydrogen (secondary N) is 1. The summed E-state index contributed by atoms with van der Waals surface area (Å²) >= 11 is 0. The normalized spacial score (nSPS) is 10.7. The first-order chi connectivity index (χ1) is 9.63. The smallest absolute Gasteiger partial charge is 0.255 e. The second kappa shape index (κ2) is 4.73. The SMILES string of the molecule is O=C(Nc1ccc2ncoc2c1)c1ccc(F)c(F)c1. The van der Waals surface area contributed by atoms with E-state index in [0.29, 0.717) is 16.8 Å². The van der Waals surface area contributed by atoms with Gasteiger partial charge in [0.2, 0.25) is 0 Å². The molecule has 0 aliphatic carbocycles. The molecule has 0 unspecified atom stereocenters. The Morgan fingerprint density at radius 1 is 1.10 bits per heavy atom. The van der Waals surface area contributed by atoms with Crippen LogP contribution in [0.1, 0.15) is 10.4 Å². The molecule has 0 radical (unpaired) electrons. The highest BCUT2D eigenvalue weighted by Gasteiger charge is 2.10. The van der Waals surface area contributed by atoms with Crippen molar-refractivity contribution in [2.24, 2.45) is 0 Å². The first-order valence-corrected chi connectivity index (χ1v) is 5.73. The van der Waals surface area contributed by atoms with Gasteiger partial charge in [-0.1, -0.05) is 0 Å². The lowest BCUT2D eigenvalue weighted by Crippen LogP contribution is -2.12. The first kappa shape index (κ1) is 12.3. The van der Waals surface area contributed by atoms with Crippen LogP contribution < -0.4 is 5.32 Å². The number of carbonyl (C=O) groups excluding carboxylic acids is 1. The third-order valence-electron chi connectivity index (χ3n) is 2.77. The molecule has 0 fully saturated rings. The molecule has 1 N–H and O–H groups in total. The molecule has 0 aliphatic rings. The monoisotopic (exact) mass is 274 g/mol. The third-order valence-corrected chi connectivity index (χ3v) is 2.77. The van der Waals surface area contributed by atoms with Crippen LogP contribution in [0.15, 0.2) is 47.2 Å². The predicted octanol–water partition coefficient (Wildman–Crippen LogP) is 3.36. The van der Waals surface area contributed by atoms with E-state index in [2.05, 4.69) is 10.3 Å². The average molecular weight is 274 g/mol. The number of fused-ring (bicyclic) bond motifs is 1. The Bertz CT molecular complexity index is 799. The van der Waals surface area contributed by atoms with Crippen molar-refractivity contribution in [1.82, 2.24) is 4.98 Å². The predicted molar refractivity (Wildman–Crippen MR) is 68.3 cm³/mol. The number of hydrogen-bond acceptors (Lipinski definition) is 3. The zero-order chi connectivity index (χ0) is 14.1. The van der Waals surface area contributed by atoms with Gasteiger partial charge in [-0.2, -0.15) is 0 Å². The lowest BCUT2D eigenvalue weighted by molar-refractivity contribution is 0.102. The minimum atomic E-state index is -1.07. The molecule has 0 bridgehead atoms. The third kappa shape index (κ3) is 2.23. The van der Waals surface area contributed by atoms with Crippen LogP contribution in [0, 0.1) is 11.6 Å². The fourth-order valence-corrected chi connectivity index (χ4v) is 1.77. The second-order valence-electron chi connectivity index (χ2n) is 4.12. The number of halogens is 2. The molecule has 2 aromatic carbocycles. The molecular weight excluding hydrogens is 266 g/mol. The van der Waals surface area contributed by atoms with Crippen molar-refractivity contribution < 1.29 is 18.0 Å². The summed E-state index contributed by atoms with van der Waals surface area (Å²) in [5, 5.41) is 2.57. The van der Waals surface area contributed by atoms with Gasteiger partial charge in [0.15, 0.2) is 23.6 Å². The Morgan fingerprint density at radius 2 is 1.95 bits per heavy atom. The molecule has 0 atom stereocenters. The molecule has 3 rings (SSSR count). The van der Waals surface area contributed by atoms with Gasteiger partial charge < -0.3 is 9.73 Å². The summed E-state index contributed by atoms with van der Waals surface area (Å²) in [5.41, 5.74) is 1.69. The molecule has 1 amide bonds. The van der Waals surface area contributed by atoms with Gasteiger partial charge in [-0.05, 0) is 30.3 Å². The molecule has 100 valence electrons. The summed E-state index contributed by atoms with van der Waals surface area (Å²) < 4.78 is 31.0. The molecule has 0 saturated heterocycles. The van der Waals surface area contributed by atoms with Crippen molar-refractivity contribution in [3.63, 3.8) is 0 Å². The minimum absolute atomic E-state index is 0.0292. The number of carbonyl (C=O) groups is 1. The van der Waals surface area contributed by atoms with E-state index in [9.17, 15) is 13.6 Å². The van der Waals surface area contributed by atoms with Crippen molar-refractivity contribution in [1.29, 1.82) is 0 Å². The lowest BCUT2D eigenvalue weighted by Gasteiger charge is -2.05. The van der Waals surface area contributed by atoms with Gasteiger partial charge in [-0.15, -0.1) is 0 Å². The van der Waals surface area contributed by atoms with Crippen molar-refractivity contribution in [3.8, 4) is 0 Å². The Labute approximate surface area is 112 Å². The Hall–Kier alpha value is -2.76. The van der Waals surface area contributed by atoms with Crippen molar-refractivity contribution in [2.75, 3.05) is 5.32 Å². The number of amides is 1. The summed E-state index contributed by atoms with van der Waals surface area (Å²) in [5.74, 6) is -2.60. The van der Waals surface area contributed by atoms with E-state index in [4.69, 9.17) is 4.42 Å². The maximum Gasteiger partial charge on any atom is 0.255 e. The molecule has 0 aliphatic heterocycles. The number of oxazole rings is 1. The van der Waals surface area contributed by atoms with E-state index in [-0.39, 0.29) is 5.56 Å². The van der Waals surface area contributed by atoms with Gasteiger partial charge in [0.25, 0.3) is 5.91 Å². The van der Waals surface area contributed by atoms with E-state index in [1.165, 1.54) is 12.5 Å². The Balaban J connectivity index is 1.85. The van der Waals surface area contributed by atoms with Crippen LogP contribution in [0.5, 0.6) is 0 Å². The Morgan fingerprint density at radius 3 is 2.75 bits per heavy atom. The topological polar surface area (TPSA) is 55.1 Å². The minimum Gasteiger partial charge on any atom is -0.443 e. The van der Waals surface area contributed by atoms with Gasteiger partial charge in [-0.25, -0.2) is 13.8 Å². The fraction of sp³-hybridized carbons (Fsp3) is 0. The lowest BCUT2D eigenvalue weighted by atomic mass is 10.2. The van der Waals surface area contributed by atoms with Crippen LogP contribution in [0.4, 0.5) is 14.5 Å². The highest BCUT2D eigenvalue weighted by Crippen LogP contribution is 2.18. The molecule has 20 heavy (non-hydrogen) atoms. The fourth-order valence-electron chi connectivity index (χ4n) is 1.77. The maximum absolute atomic E-state index is 13.1. The highest BCUT2D eigenvalue weighted by molar-refractivity contribution is 6.04. The van der Waals surface area contributed by atoms with Crippen LogP contribution in [-0.2, 0) is 0 Å². The van der Waals surface area contributed by atoms with Crippen molar-refractivity contribution in [3.05, 3.63) is 60.0 Å². The van der Waals surface area contributed by atoms with E-state index >= 15 is 0 Å². The maximum atomic E-state index is 13.1. The van der Waals surface area contributed by atoms with E-state index < -0.39 is 17.5 Å². The van der Waals surface area contributed by atoms with Gasteiger partial charge in [0.1, 0.15) is 5.52 Å². The molecule has 0 saturated carbocycles. The second-order valence-corrected chi connectivity index (χ2v) is 4.12. The number of aromatic nitrogens is 1. The van der Waals surface area contributed by atoms with Crippen LogP contribution in [-0.4, -0.2) is 10.9 Å². The van der Waals surface area contributed by atoms with Gasteiger partial charge in [0.05, 0.1) is 0 Å². The zero-order valence-corrected chi connectivity index (χ0v) is 10.1. The summed E-state index contributed by atoms with van der Waals surface area (Å²) in [6, 6.07) is 7.88. The molecule has 6 heteroatoms. The molecule has 1 heterocycles. The van der Waals surface area contributed by atoms with Gasteiger partial charge in [0, 0.05) is 17.3 Å². The largest absolute Gasteiger partial charge is 0.443 e. The molecule has 0 spiro atoms. The molecule has 1 aromatic heterocycles. The standard InChI is InChI=1S/C14H8F2N2O2/c15-10-3-1-8(5-11(10)16)14(19)18-9-2-4-12-13(6-9)20-7-17-12/h1-7H,(H,18,19). The van der Waals surface area contributed by atoms with Crippen LogP contribution >= 0.6 is 0 Å². The number of benzene rings is 2. The zero-order valence-electron chi connectivity index (χ0n) is 10.1. The molecule has 4 nitrogen and oxygen atoms in total. The number of rotatable bonds is 2. The highest BCUT2D eigenvalue weighted by atomic mass is 19.2. The van der Waals surface area contributed by atoms with Crippen molar-refractivity contribution >= 4 is 22.7 Å². The number of anilines is 1. The van der Waals surface area contributed by atoms with Gasteiger partial charge in [-0.3, -0.25) is 4.79 Å². The summed E-state index contributed by atoms with van der Waals surface area (Å²) in [7, 11) is 0. The van der Waals surface area contributed by atoms with E-state index in [1.54, 1.807) is 18.2 Å². The number of nitrogens with zero attached hydrogens (tertiary/aromatic N) is 1. The number of hydrogen-bond donors (Lipinski definition) is 1. The summed E-state index contributed by atoms with van der Waals surface area (Å²) in [6.07, 6.45) is 1.30. The first-order valence-electron chi connectivity index (χ1n) is 5.73. The molecule has 3 aromatic rings. The van der Waals surface area contributed by atoms with Gasteiger partial charge >= 0.3 is 0 Å². The van der Waals surface area contributed by atoms with Crippen LogP contribution in [0.25, 0.3) is 11.1 Å². The quantitative estimate of drug-likeness (QED) is 0.779. The Kier molecular flexibility index (Phi) is 2.90. The van der Waals surface area contributed by atoms with E-state index in [0.717, 1.165) is 12.1 Å². The molecular formula is C14H8F2N2O2. The average Bonchev–Trinajstić information content (AvgIpc) is 2.89. The van der Waals surface area contributed by atoms with Crippen molar-refractivity contribution in [2.45, 2.75) is 0 Å². The van der Waals surface area contributed by atoms with Crippen LogP contribution in [0.3, 0.4) is 0 Å². The van der Waals surface area contributed by atoms with Crippen LogP contribution in [0.2, 0.25) is 0 Å². The summed E-state index contributed by atoms with van der Waals surface area (Å²) in [4.78, 5) is 15.9.